The molecule has 1 aromatic carbocycles. The van der Waals surface area contributed by atoms with Gasteiger partial charge < -0.3 is 9.84 Å². The van der Waals surface area contributed by atoms with Crippen LogP contribution in [0.5, 0.6) is 0 Å². The Morgan fingerprint density at radius 1 is 1.35 bits per heavy atom. The number of hydrogen-bond donors (Lipinski definition) is 2. The van der Waals surface area contributed by atoms with Crippen LogP contribution in [0.25, 0.3) is 0 Å². The Balaban J connectivity index is 1.93. The molecule has 1 amide bonds. The lowest BCUT2D eigenvalue weighted by Gasteiger charge is -2.13. The Hall–Kier alpha value is -2.30. The highest BCUT2D eigenvalue weighted by atomic mass is 16.5. The first-order chi connectivity index (χ1) is 9.56. The second-order valence-corrected chi connectivity index (χ2v) is 4.98. The molecule has 0 bridgehead atoms. The molecule has 5 heteroatoms. The van der Waals surface area contributed by atoms with Gasteiger partial charge in [-0.1, -0.05) is 37.2 Å². The number of aromatic nitrogens is 1. The van der Waals surface area contributed by atoms with Crippen LogP contribution in [-0.2, 0) is 4.79 Å². The number of hydrogen-bond acceptors (Lipinski definition) is 4. The van der Waals surface area contributed by atoms with Crippen LogP contribution in [0.15, 0.2) is 34.9 Å². The molecule has 0 atom stereocenters. The molecule has 106 valence electrons. The van der Waals surface area contributed by atoms with Gasteiger partial charge in [-0.25, -0.2) is 0 Å². The molecule has 2 aromatic rings. The maximum absolute atomic E-state index is 11.8. The number of carbonyl (C=O) groups is 1. The largest absolute Gasteiger partial charge is 0.376 e. The molecule has 0 unspecified atom stereocenters. The van der Waals surface area contributed by atoms with Crippen LogP contribution in [-0.4, -0.2) is 17.6 Å². The summed E-state index contributed by atoms with van der Waals surface area (Å²) in [5, 5.41) is 9.51. The van der Waals surface area contributed by atoms with Crippen molar-refractivity contribution < 1.29 is 9.32 Å². The van der Waals surface area contributed by atoms with Crippen molar-refractivity contribution in [2.75, 3.05) is 17.2 Å². The summed E-state index contributed by atoms with van der Waals surface area (Å²) in [5.74, 6) is 0.602. The van der Waals surface area contributed by atoms with Crippen LogP contribution in [0, 0.1) is 6.92 Å². The summed E-state index contributed by atoms with van der Waals surface area (Å²) in [6.07, 6.45) is 0. The van der Waals surface area contributed by atoms with Gasteiger partial charge in [0.15, 0.2) is 0 Å². The van der Waals surface area contributed by atoms with Crippen molar-refractivity contribution in [3.8, 4) is 0 Å². The first kappa shape index (κ1) is 14.1. The van der Waals surface area contributed by atoms with E-state index in [4.69, 9.17) is 4.52 Å². The van der Waals surface area contributed by atoms with Crippen LogP contribution in [0.3, 0.4) is 0 Å². The Bertz CT molecular complexity index is 590. The molecule has 5 nitrogen and oxygen atoms in total. The van der Waals surface area contributed by atoms with E-state index in [1.807, 2.05) is 18.2 Å². The van der Waals surface area contributed by atoms with Gasteiger partial charge >= 0.3 is 0 Å². The lowest BCUT2D eigenvalue weighted by Crippen LogP contribution is -2.22. The van der Waals surface area contributed by atoms with E-state index >= 15 is 0 Å². The van der Waals surface area contributed by atoms with Crippen LogP contribution < -0.4 is 10.6 Å². The van der Waals surface area contributed by atoms with Gasteiger partial charge in [-0.05, 0) is 24.5 Å². The molecule has 0 radical (unpaired) electrons. The van der Waals surface area contributed by atoms with E-state index in [-0.39, 0.29) is 12.5 Å². The standard InChI is InChI=1S/C15H19N3O2/c1-10(2)12-6-4-5-7-13(12)16-9-14(19)17-15-8-11(3)18-20-15/h4-8,10,16H,9H2,1-3H3,(H,17,19). The molecule has 0 aliphatic rings. The van der Waals surface area contributed by atoms with E-state index in [0.717, 1.165) is 11.4 Å². The Labute approximate surface area is 118 Å². The van der Waals surface area contributed by atoms with E-state index in [0.29, 0.717) is 11.8 Å². The highest BCUT2D eigenvalue weighted by Crippen LogP contribution is 2.23. The third-order valence-corrected chi connectivity index (χ3v) is 2.91. The number of anilines is 2. The third-order valence-electron chi connectivity index (χ3n) is 2.91. The second kappa shape index (κ2) is 6.23. The van der Waals surface area contributed by atoms with Crippen molar-refractivity contribution in [1.82, 2.24) is 5.16 Å². The lowest BCUT2D eigenvalue weighted by atomic mass is 10.0. The molecule has 0 aliphatic carbocycles. The molecule has 1 aromatic heterocycles. The van der Waals surface area contributed by atoms with Crippen LogP contribution in [0.4, 0.5) is 11.6 Å². The van der Waals surface area contributed by atoms with Crippen LogP contribution >= 0.6 is 0 Å². The summed E-state index contributed by atoms with van der Waals surface area (Å²) in [6, 6.07) is 9.66. The van der Waals surface area contributed by atoms with Crippen molar-refractivity contribution in [1.29, 1.82) is 0 Å². The number of carbonyl (C=O) groups excluding carboxylic acids is 1. The number of rotatable bonds is 5. The van der Waals surface area contributed by atoms with Gasteiger partial charge in [0.05, 0.1) is 12.2 Å². The number of nitrogens with zero attached hydrogens (tertiary/aromatic N) is 1. The first-order valence-corrected chi connectivity index (χ1v) is 6.62. The fraction of sp³-hybridized carbons (Fsp3) is 0.333. The summed E-state index contributed by atoms with van der Waals surface area (Å²) in [7, 11) is 0. The van der Waals surface area contributed by atoms with Gasteiger partial charge in [-0.2, -0.15) is 0 Å². The zero-order valence-electron chi connectivity index (χ0n) is 11.9. The van der Waals surface area contributed by atoms with Crippen molar-refractivity contribution in [3.63, 3.8) is 0 Å². The number of aryl methyl sites for hydroxylation is 1. The van der Waals surface area contributed by atoms with Gasteiger partial charge in [-0.3, -0.25) is 10.1 Å². The summed E-state index contributed by atoms with van der Waals surface area (Å²) in [4.78, 5) is 11.8. The fourth-order valence-corrected chi connectivity index (χ4v) is 1.94. The zero-order valence-corrected chi connectivity index (χ0v) is 11.9. The topological polar surface area (TPSA) is 67.2 Å². The molecule has 0 fully saturated rings. The number of para-hydroxylation sites is 1. The Morgan fingerprint density at radius 3 is 2.75 bits per heavy atom. The third kappa shape index (κ3) is 3.60. The normalized spacial score (nSPS) is 10.6. The molecule has 0 saturated heterocycles. The molecule has 1 heterocycles. The van der Waals surface area contributed by atoms with Crippen molar-refractivity contribution in [3.05, 3.63) is 41.6 Å². The maximum atomic E-state index is 11.8. The number of amides is 1. The van der Waals surface area contributed by atoms with Gasteiger partial charge in [-0.15, -0.1) is 0 Å². The zero-order chi connectivity index (χ0) is 14.5. The quantitative estimate of drug-likeness (QED) is 0.878. The van der Waals surface area contributed by atoms with E-state index < -0.39 is 0 Å². The molecular formula is C15H19N3O2. The molecule has 0 spiro atoms. The predicted octanol–water partition coefficient (Wildman–Crippen LogP) is 3.16. The monoisotopic (exact) mass is 273 g/mol. The Kier molecular flexibility index (Phi) is 4.40. The molecule has 2 N–H and O–H groups in total. The van der Waals surface area contributed by atoms with Crippen molar-refractivity contribution in [2.24, 2.45) is 0 Å². The van der Waals surface area contributed by atoms with Gasteiger partial charge in [0.2, 0.25) is 11.8 Å². The smallest absolute Gasteiger partial charge is 0.246 e. The molecule has 0 saturated carbocycles. The molecule has 0 aliphatic heterocycles. The van der Waals surface area contributed by atoms with Crippen molar-refractivity contribution in [2.45, 2.75) is 26.7 Å². The summed E-state index contributed by atoms with van der Waals surface area (Å²) in [6.45, 7) is 6.23. The second-order valence-electron chi connectivity index (χ2n) is 4.98. The predicted molar refractivity (Wildman–Crippen MR) is 78.9 cm³/mol. The minimum atomic E-state index is -0.167. The number of benzene rings is 1. The van der Waals surface area contributed by atoms with E-state index in [1.54, 1.807) is 13.0 Å². The SMILES string of the molecule is Cc1cc(NC(=O)CNc2ccccc2C(C)C)on1. The Morgan fingerprint density at radius 2 is 2.10 bits per heavy atom. The van der Waals surface area contributed by atoms with Crippen molar-refractivity contribution >= 4 is 17.5 Å². The van der Waals surface area contributed by atoms with Gasteiger partial charge in [0.1, 0.15) is 0 Å². The van der Waals surface area contributed by atoms with Gasteiger partial charge in [0, 0.05) is 11.8 Å². The minimum Gasteiger partial charge on any atom is -0.376 e. The van der Waals surface area contributed by atoms with E-state index in [1.165, 1.54) is 5.56 Å². The van der Waals surface area contributed by atoms with Crippen LogP contribution in [0.2, 0.25) is 0 Å². The average molecular weight is 273 g/mol. The highest BCUT2D eigenvalue weighted by Gasteiger charge is 2.09. The lowest BCUT2D eigenvalue weighted by molar-refractivity contribution is -0.114. The van der Waals surface area contributed by atoms with Gasteiger partial charge in [0.25, 0.3) is 0 Å². The van der Waals surface area contributed by atoms with Crippen LogP contribution in [0.1, 0.15) is 31.0 Å². The average Bonchev–Trinajstić information content (AvgIpc) is 2.82. The molecule has 2 rings (SSSR count). The maximum Gasteiger partial charge on any atom is 0.246 e. The molecule has 20 heavy (non-hydrogen) atoms. The highest BCUT2D eigenvalue weighted by molar-refractivity contribution is 5.92. The fourth-order valence-electron chi connectivity index (χ4n) is 1.94. The molecular weight excluding hydrogens is 254 g/mol. The summed E-state index contributed by atoms with van der Waals surface area (Å²) >= 11 is 0. The van der Waals surface area contributed by atoms with E-state index in [2.05, 4.69) is 35.7 Å². The summed E-state index contributed by atoms with van der Waals surface area (Å²) < 4.78 is 4.94. The first-order valence-electron chi connectivity index (χ1n) is 6.62. The minimum absolute atomic E-state index is 0.167. The van der Waals surface area contributed by atoms with E-state index in [9.17, 15) is 4.79 Å². The number of nitrogens with one attached hydrogen (secondary N) is 2. The summed E-state index contributed by atoms with van der Waals surface area (Å²) in [5.41, 5.74) is 2.90.